The molecule has 1 aliphatic heterocycles. The Balaban J connectivity index is 1.83. The van der Waals surface area contributed by atoms with Crippen molar-refractivity contribution in [2.75, 3.05) is 18.0 Å². The van der Waals surface area contributed by atoms with E-state index in [9.17, 15) is 5.26 Å². The number of anilines is 1. The van der Waals surface area contributed by atoms with Crippen LogP contribution in [0.1, 0.15) is 35.7 Å². The minimum Gasteiger partial charge on any atom is -0.420 e. The highest BCUT2D eigenvalue weighted by Crippen LogP contribution is 2.26. The van der Waals surface area contributed by atoms with Gasteiger partial charge in [-0.15, -0.1) is 11.3 Å². The third kappa shape index (κ3) is 2.75. The van der Waals surface area contributed by atoms with E-state index in [1.807, 2.05) is 29.7 Å². The number of nitrogens with zero attached hydrogens (tertiary/aromatic N) is 3. The molecule has 5 heteroatoms. The summed E-state index contributed by atoms with van der Waals surface area (Å²) < 4.78 is 5.75. The standard InChI is InChI=1S/C15H15N3OS/c16-11-13-15(18-8-2-1-3-9-18)19-14(17-13)7-6-12-5-4-10-20-12/h4-7,10H,1-3,8-9H2. The second-order valence-electron chi connectivity index (χ2n) is 4.71. The Kier molecular flexibility index (Phi) is 3.84. The number of piperidine rings is 1. The fourth-order valence-electron chi connectivity index (χ4n) is 2.32. The molecular formula is C15H15N3OS. The van der Waals surface area contributed by atoms with Crippen LogP contribution in [-0.2, 0) is 0 Å². The monoisotopic (exact) mass is 285 g/mol. The van der Waals surface area contributed by atoms with Crippen LogP contribution >= 0.6 is 11.3 Å². The van der Waals surface area contributed by atoms with Crippen LogP contribution in [0.2, 0.25) is 0 Å². The van der Waals surface area contributed by atoms with Gasteiger partial charge in [-0.2, -0.15) is 10.2 Å². The summed E-state index contributed by atoms with van der Waals surface area (Å²) in [6.07, 6.45) is 7.31. The van der Waals surface area contributed by atoms with E-state index < -0.39 is 0 Å². The first-order valence-electron chi connectivity index (χ1n) is 6.74. The molecule has 1 saturated heterocycles. The van der Waals surface area contributed by atoms with Crippen molar-refractivity contribution in [3.05, 3.63) is 34.0 Å². The number of nitriles is 1. The fourth-order valence-corrected chi connectivity index (χ4v) is 2.94. The maximum atomic E-state index is 9.19. The third-order valence-electron chi connectivity index (χ3n) is 3.31. The lowest BCUT2D eigenvalue weighted by atomic mass is 10.1. The summed E-state index contributed by atoms with van der Waals surface area (Å²) in [6, 6.07) is 6.16. The molecule has 1 aliphatic rings. The van der Waals surface area contributed by atoms with Crippen molar-refractivity contribution >= 4 is 29.4 Å². The Labute approximate surface area is 122 Å². The molecule has 20 heavy (non-hydrogen) atoms. The summed E-state index contributed by atoms with van der Waals surface area (Å²) in [5.41, 5.74) is 0.387. The van der Waals surface area contributed by atoms with Crippen LogP contribution in [0, 0.1) is 11.3 Å². The van der Waals surface area contributed by atoms with E-state index >= 15 is 0 Å². The average Bonchev–Trinajstić information content (AvgIpc) is 3.15. The first-order chi connectivity index (χ1) is 9.86. The van der Waals surface area contributed by atoms with Crippen molar-refractivity contribution in [1.82, 2.24) is 4.98 Å². The van der Waals surface area contributed by atoms with E-state index in [1.54, 1.807) is 11.3 Å². The first kappa shape index (κ1) is 12.9. The van der Waals surface area contributed by atoms with Crippen molar-refractivity contribution in [2.45, 2.75) is 19.3 Å². The van der Waals surface area contributed by atoms with Gasteiger partial charge in [0.1, 0.15) is 6.07 Å². The van der Waals surface area contributed by atoms with Gasteiger partial charge in [0.2, 0.25) is 17.5 Å². The lowest BCUT2D eigenvalue weighted by Gasteiger charge is -2.25. The number of oxazole rings is 1. The minimum atomic E-state index is 0.387. The van der Waals surface area contributed by atoms with Gasteiger partial charge in [0, 0.05) is 24.0 Å². The maximum Gasteiger partial charge on any atom is 0.235 e. The van der Waals surface area contributed by atoms with Gasteiger partial charge < -0.3 is 9.32 Å². The normalized spacial score (nSPS) is 15.7. The van der Waals surface area contributed by atoms with E-state index in [-0.39, 0.29) is 0 Å². The first-order valence-corrected chi connectivity index (χ1v) is 7.62. The molecule has 0 aliphatic carbocycles. The number of aromatic nitrogens is 1. The van der Waals surface area contributed by atoms with Crippen LogP contribution in [-0.4, -0.2) is 18.1 Å². The third-order valence-corrected chi connectivity index (χ3v) is 4.15. The van der Waals surface area contributed by atoms with Crippen molar-refractivity contribution in [3.8, 4) is 6.07 Å². The zero-order valence-electron chi connectivity index (χ0n) is 11.1. The second-order valence-corrected chi connectivity index (χ2v) is 5.69. The Morgan fingerprint density at radius 2 is 2.15 bits per heavy atom. The van der Waals surface area contributed by atoms with E-state index in [0.717, 1.165) is 30.8 Å². The predicted octanol–water partition coefficient (Wildman–Crippen LogP) is 3.77. The molecule has 2 aromatic heterocycles. The minimum absolute atomic E-state index is 0.387. The molecule has 3 heterocycles. The van der Waals surface area contributed by atoms with Gasteiger partial charge in [0.25, 0.3) is 0 Å². The van der Waals surface area contributed by atoms with E-state index in [0.29, 0.717) is 17.5 Å². The topological polar surface area (TPSA) is 53.1 Å². The molecule has 102 valence electrons. The molecule has 0 atom stereocenters. The van der Waals surface area contributed by atoms with Crippen molar-refractivity contribution in [1.29, 1.82) is 5.26 Å². The molecule has 0 bridgehead atoms. The predicted molar refractivity (Wildman–Crippen MR) is 80.5 cm³/mol. The van der Waals surface area contributed by atoms with Crippen molar-refractivity contribution < 1.29 is 4.42 Å². The summed E-state index contributed by atoms with van der Waals surface area (Å²) in [6.45, 7) is 1.88. The molecule has 4 nitrogen and oxygen atoms in total. The molecule has 0 radical (unpaired) electrons. The fraction of sp³-hybridized carbons (Fsp3) is 0.333. The molecule has 0 spiro atoms. The van der Waals surface area contributed by atoms with Crippen molar-refractivity contribution in [2.24, 2.45) is 0 Å². The summed E-state index contributed by atoms with van der Waals surface area (Å²) in [7, 11) is 0. The highest BCUT2D eigenvalue weighted by atomic mass is 32.1. The van der Waals surface area contributed by atoms with Crippen LogP contribution in [0.4, 0.5) is 5.88 Å². The van der Waals surface area contributed by atoms with Gasteiger partial charge in [-0.3, -0.25) is 0 Å². The van der Waals surface area contributed by atoms with Crippen LogP contribution in [0.15, 0.2) is 21.9 Å². The molecule has 2 aromatic rings. The number of hydrogen-bond acceptors (Lipinski definition) is 5. The molecule has 0 saturated carbocycles. The number of thiophene rings is 1. The van der Waals surface area contributed by atoms with Gasteiger partial charge in [-0.05, 0) is 36.8 Å². The number of rotatable bonds is 3. The molecule has 0 unspecified atom stereocenters. The summed E-state index contributed by atoms with van der Waals surface area (Å²) in [4.78, 5) is 7.51. The van der Waals surface area contributed by atoms with Crippen LogP contribution in [0.3, 0.4) is 0 Å². The molecule has 3 rings (SSSR count). The Morgan fingerprint density at radius 3 is 2.85 bits per heavy atom. The zero-order valence-corrected chi connectivity index (χ0v) is 11.9. The molecule has 1 fully saturated rings. The summed E-state index contributed by atoms with van der Waals surface area (Å²) in [5, 5.41) is 11.2. The average molecular weight is 285 g/mol. The van der Waals surface area contributed by atoms with Crippen LogP contribution in [0.25, 0.3) is 12.2 Å². The van der Waals surface area contributed by atoms with Gasteiger partial charge in [-0.1, -0.05) is 6.07 Å². The second kappa shape index (κ2) is 5.93. The van der Waals surface area contributed by atoms with Gasteiger partial charge >= 0.3 is 0 Å². The van der Waals surface area contributed by atoms with E-state index in [4.69, 9.17) is 4.42 Å². The Morgan fingerprint density at radius 1 is 1.30 bits per heavy atom. The quantitative estimate of drug-likeness (QED) is 0.861. The lowest BCUT2D eigenvalue weighted by molar-refractivity contribution is 0.492. The van der Waals surface area contributed by atoms with Gasteiger partial charge in [0.05, 0.1) is 0 Å². The Hall–Kier alpha value is -2.06. The number of hydrogen-bond donors (Lipinski definition) is 0. The summed E-state index contributed by atoms with van der Waals surface area (Å²) >= 11 is 1.66. The largest absolute Gasteiger partial charge is 0.420 e. The maximum absolute atomic E-state index is 9.19. The van der Waals surface area contributed by atoms with Crippen LogP contribution < -0.4 is 4.90 Å². The lowest BCUT2D eigenvalue weighted by Crippen LogP contribution is -2.29. The van der Waals surface area contributed by atoms with E-state index in [2.05, 4.69) is 16.0 Å². The summed E-state index contributed by atoms with van der Waals surface area (Å²) in [5.74, 6) is 1.12. The highest BCUT2D eigenvalue weighted by Gasteiger charge is 2.20. The highest BCUT2D eigenvalue weighted by molar-refractivity contribution is 7.10. The van der Waals surface area contributed by atoms with Crippen molar-refractivity contribution in [3.63, 3.8) is 0 Å². The smallest absolute Gasteiger partial charge is 0.235 e. The van der Waals surface area contributed by atoms with Crippen LogP contribution in [0.5, 0.6) is 0 Å². The molecular weight excluding hydrogens is 270 g/mol. The molecule has 0 N–H and O–H groups in total. The van der Waals surface area contributed by atoms with Gasteiger partial charge in [0.15, 0.2) is 0 Å². The van der Waals surface area contributed by atoms with Gasteiger partial charge in [-0.25, -0.2) is 0 Å². The molecule has 0 aromatic carbocycles. The molecule has 0 amide bonds. The zero-order chi connectivity index (χ0) is 13.8. The van der Waals surface area contributed by atoms with E-state index in [1.165, 1.54) is 6.42 Å². The Bertz CT molecular complexity index is 631. The SMILES string of the molecule is N#Cc1nc(C=Cc2cccs2)oc1N1CCCCC1.